The van der Waals surface area contributed by atoms with E-state index in [0.717, 1.165) is 16.6 Å². The van der Waals surface area contributed by atoms with Crippen molar-refractivity contribution in [2.24, 2.45) is 0 Å². The maximum absolute atomic E-state index is 13.7. The number of rotatable bonds is 7. The van der Waals surface area contributed by atoms with E-state index in [4.69, 9.17) is 14.2 Å². The molecule has 0 amide bonds. The van der Waals surface area contributed by atoms with Crippen LogP contribution in [0.1, 0.15) is 21.7 Å². The number of para-hydroxylation sites is 2. The van der Waals surface area contributed by atoms with Gasteiger partial charge in [0.15, 0.2) is 17.3 Å². The molecule has 0 radical (unpaired) electrons. The van der Waals surface area contributed by atoms with Gasteiger partial charge in [0.25, 0.3) is 0 Å². The monoisotopic (exact) mass is 414 g/mol. The number of carbonyl (C=O) groups is 1. The number of allylic oxidation sites excluding steroid dienone is 1. The van der Waals surface area contributed by atoms with E-state index < -0.39 is 0 Å². The third-order valence-electron chi connectivity index (χ3n) is 4.93. The Morgan fingerprint density at radius 1 is 0.871 bits per heavy atom. The standard InChI is InChI=1S/C25H22N2O4/c1-29-21-14-17(15-22(30-2)24(21)31-3)23(28)18(13-16-9-5-4-6-10-16)25-26-19-11-7-8-12-20(19)27-25/h4-15H,1-3H3,(H,26,27)/b18-13+. The van der Waals surface area contributed by atoms with E-state index in [1.165, 1.54) is 21.3 Å². The van der Waals surface area contributed by atoms with E-state index >= 15 is 0 Å². The van der Waals surface area contributed by atoms with E-state index in [1.807, 2.05) is 60.7 Å². The predicted octanol–water partition coefficient (Wildman–Crippen LogP) is 5.01. The van der Waals surface area contributed by atoms with Crippen molar-refractivity contribution in [3.63, 3.8) is 0 Å². The number of benzene rings is 3. The first kappa shape index (κ1) is 20.2. The molecule has 4 rings (SSSR count). The minimum Gasteiger partial charge on any atom is -0.493 e. The highest BCUT2D eigenvalue weighted by Crippen LogP contribution is 2.39. The molecule has 0 unspecified atom stereocenters. The fraction of sp³-hybridized carbons (Fsp3) is 0.120. The summed E-state index contributed by atoms with van der Waals surface area (Å²) in [7, 11) is 4.56. The average molecular weight is 414 g/mol. The summed E-state index contributed by atoms with van der Waals surface area (Å²) in [5.74, 6) is 1.52. The van der Waals surface area contributed by atoms with Crippen LogP contribution in [0.4, 0.5) is 0 Å². The Hall–Kier alpha value is -4.06. The number of imidazole rings is 1. The Balaban J connectivity index is 1.88. The molecule has 0 aliphatic carbocycles. The summed E-state index contributed by atoms with van der Waals surface area (Å²) in [6, 6.07) is 20.6. The molecule has 1 aromatic heterocycles. The molecular weight excluding hydrogens is 392 g/mol. The lowest BCUT2D eigenvalue weighted by Crippen LogP contribution is -2.06. The molecule has 1 N–H and O–H groups in total. The number of nitrogens with zero attached hydrogens (tertiary/aromatic N) is 1. The van der Waals surface area contributed by atoms with Crippen molar-refractivity contribution in [2.45, 2.75) is 0 Å². The van der Waals surface area contributed by atoms with Gasteiger partial charge in [-0.25, -0.2) is 4.98 Å². The summed E-state index contributed by atoms with van der Waals surface area (Å²) >= 11 is 0. The van der Waals surface area contributed by atoms with Gasteiger partial charge in [-0.3, -0.25) is 4.79 Å². The third kappa shape index (κ3) is 4.00. The molecule has 0 saturated carbocycles. The third-order valence-corrected chi connectivity index (χ3v) is 4.93. The Morgan fingerprint density at radius 2 is 1.52 bits per heavy atom. The number of H-pyrrole nitrogens is 1. The number of nitrogens with one attached hydrogen (secondary N) is 1. The van der Waals surface area contributed by atoms with Crippen molar-refractivity contribution in [1.29, 1.82) is 0 Å². The molecule has 0 spiro atoms. The normalized spacial score (nSPS) is 11.4. The van der Waals surface area contributed by atoms with Crippen LogP contribution in [0.15, 0.2) is 66.7 Å². The summed E-state index contributed by atoms with van der Waals surface area (Å²) in [6.45, 7) is 0. The van der Waals surface area contributed by atoms with E-state index in [9.17, 15) is 4.79 Å². The van der Waals surface area contributed by atoms with Gasteiger partial charge in [-0.2, -0.15) is 0 Å². The maximum Gasteiger partial charge on any atom is 0.203 e. The Labute approximate surface area is 180 Å². The predicted molar refractivity (Wildman–Crippen MR) is 121 cm³/mol. The number of fused-ring (bicyclic) bond motifs is 1. The maximum atomic E-state index is 13.7. The van der Waals surface area contributed by atoms with Crippen molar-refractivity contribution in [1.82, 2.24) is 9.97 Å². The van der Waals surface area contributed by atoms with E-state index in [0.29, 0.717) is 34.2 Å². The van der Waals surface area contributed by atoms with E-state index in [2.05, 4.69) is 9.97 Å². The van der Waals surface area contributed by atoms with Gasteiger partial charge in [-0.15, -0.1) is 0 Å². The van der Waals surface area contributed by atoms with Crippen molar-refractivity contribution >= 4 is 28.5 Å². The minimum absolute atomic E-state index is 0.220. The second-order valence-electron chi connectivity index (χ2n) is 6.81. The largest absolute Gasteiger partial charge is 0.493 e. The molecule has 31 heavy (non-hydrogen) atoms. The zero-order valence-corrected chi connectivity index (χ0v) is 17.5. The molecule has 0 aliphatic rings. The first-order chi connectivity index (χ1) is 15.1. The molecule has 3 aromatic carbocycles. The first-order valence-electron chi connectivity index (χ1n) is 9.71. The summed E-state index contributed by atoms with van der Waals surface area (Å²) in [4.78, 5) is 21.6. The van der Waals surface area contributed by atoms with Crippen LogP contribution in [0.3, 0.4) is 0 Å². The Morgan fingerprint density at radius 3 is 2.13 bits per heavy atom. The molecule has 0 saturated heterocycles. The summed E-state index contributed by atoms with van der Waals surface area (Å²) in [5, 5.41) is 0. The van der Waals surface area contributed by atoms with Crippen LogP contribution in [0.5, 0.6) is 17.2 Å². The van der Waals surface area contributed by atoms with Crippen LogP contribution in [-0.4, -0.2) is 37.1 Å². The SMILES string of the molecule is COc1cc(C(=O)/C(=C\c2ccccc2)c2nc3ccccc3[nH]2)cc(OC)c1OC. The number of hydrogen-bond acceptors (Lipinski definition) is 5. The van der Waals surface area contributed by atoms with Gasteiger partial charge in [0.05, 0.1) is 37.9 Å². The smallest absolute Gasteiger partial charge is 0.203 e. The highest BCUT2D eigenvalue weighted by Gasteiger charge is 2.22. The number of aromatic nitrogens is 2. The Kier molecular flexibility index (Phi) is 5.71. The molecule has 0 fully saturated rings. The lowest BCUT2D eigenvalue weighted by atomic mass is 9.99. The highest BCUT2D eigenvalue weighted by atomic mass is 16.5. The van der Waals surface area contributed by atoms with Crippen molar-refractivity contribution in [2.75, 3.05) is 21.3 Å². The van der Waals surface area contributed by atoms with Gasteiger partial charge < -0.3 is 19.2 Å². The topological polar surface area (TPSA) is 73.4 Å². The second-order valence-corrected chi connectivity index (χ2v) is 6.81. The second kappa shape index (κ2) is 8.75. The quantitative estimate of drug-likeness (QED) is 0.340. The van der Waals surface area contributed by atoms with Crippen molar-refractivity contribution in [3.8, 4) is 17.2 Å². The highest BCUT2D eigenvalue weighted by molar-refractivity contribution is 6.32. The molecule has 0 bridgehead atoms. The zero-order valence-electron chi connectivity index (χ0n) is 17.5. The van der Waals surface area contributed by atoms with Gasteiger partial charge >= 0.3 is 0 Å². The molecule has 156 valence electrons. The van der Waals surface area contributed by atoms with Crippen LogP contribution in [-0.2, 0) is 0 Å². The van der Waals surface area contributed by atoms with Crippen molar-refractivity contribution in [3.05, 3.63) is 83.7 Å². The van der Waals surface area contributed by atoms with Gasteiger partial charge in [0.1, 0.15) is 5.82 Å². The molecular formula is C25H22N2O4. The molecule has 0 atom stereocenters. The zero-order chi connectivity index (χ0) is 21.8. The van der Waals surface area contributed by atoms with Crippen LogP contribution in [0.2, 0.25) is 0 Å². The fourth-order valence-corrected chi connectivity index (χ4v) is 3.41. The van der Waals surface area contributed by atoms with Crippen molar-refractivity contribution < 1.29 is 19.0 Å². The summed E-state index contributed by atoms with van der Waals surface area (Å²) in [6.07, 6.45) is 1.82. The van der Waals surface area contributed by atoms with E-state index in [1.54, 1.807) is 12.1 Å². The average Bonchev–Trinajstić information content (AvgIpc) is 3.25. The number of Topliss-reactive ketones (excluding diaryl/α,β-unsaturated/α-hetero) is 1. The molecule has 4 aromatic rings. The molecule has 0 aliphatic heterocycles. The van der Waals surface area contributed by atoms with Gasteiger partial charge in [0, 0.05) is 5.56 Å². The number of methoxy groups -OCH3 is 3. The van der Waals surface area contributed by atoms with Crippen LogP contribution < -0.4 is 14.2 Å². The van der Waals surface area contributed by atoms with Crippen LogP contribution in [0, 0.1) is 0 Å². The van der Waals surface area contributed by atoms with Gasteiger partial charge in [0.2, 0.25) is 5.75 Å². The number of ether oxygens (including phenoxy) is 3. The van der Waals surface area contributed by atoms with E-state index in [-0.39, 0.29) is 5.78 Å². The van der Waals surface area contributed by atoms with Gasteiger partial charge in [-0.1, -0.05) is 42.5 Å². The van der Waals surface area contributed by atoms with Gasteiger partial charge in [-0.05, 0) is 35.9 Å². The lowest BCUT2D eigenvalue weighted by molar-refractivity contribution is 0.105. The number of ketones is 1. The summed E-state index contributed by atoms with van der Waals surface area (Å²) in [5.41, 5.74) is 3.36. The minimum atomic E-state index is -0.220. The fourth-order valence-electron chi connectivity index (χ4n) is 3.41. The first-order valence-corrected chi connectivity index (χ1v) is 9.71. The molecule has 1 heterocycles. The number of aromatic amines is 1. The number of hydrogen-bond donors (Lipinski definition) is 1. The van der Waals surface area contributed by atoms with Crippen LogP contribution >= 0.6 is 0 Å². The number of carbonyl (C=O) groups excluding carboxylic acids is 1. The molecule has 6 heteroatoms. The lowest BCUT2D eigenvalue weighted by Gasteiger charge is -2.14. The summed E-state index contributed by atoms with van der Waals surface area (Å²) < 4.78 is 16.2. The Bertz CT molecular complexity index is 1200. The van der Waals surface area contributed by atoms with Crippen LogP contribution in [0.25, 0.3) is 22.7 Å². The molecule has 6 nitrogen and oxygen atoms in total.